The van der Waals surface area contributed by atoms with E-state index in [0.717, 1.165) is 25.9 Å². The number of carbonyl (C=O) groups excluding carboxylic acids is 1. The maximum absolute atomic E-state index is 11.9. The predicted molar refractivity (Wildman–Crippen MR) is 73.0 cm³/mol. The fraction of sp³-hybridized carbons (Fsp3) is 0.500. The monoisotopic (exact) mass is 284 g/mol. The molecular formula is C12H17ClN4O2. The van der Waals surface area contributed by atoms with Crippen LogP contribution in [0.2, 0.25) is 5.02 Å². The maximum Gasteiger partial charge on any atom is 0.252 e. The van der Waals surface area contributed by atoms with Gasteiger partial charge in [0, 0.05) is 19.3 Å². The number of ether oxygens (including phenoxy) is 1. The zero-order valence-electron chi connectivity index (χ0n) is 10.5. The molecule has 104 valence electrons. The Morgan fingerprint density at radius 1 is 1.63 bits per heavy atom. The summed E-state index contributed by atoms with van der Waals surface area (Å²) in [5.74, 6) is 5.36. The second-order valence-electron chi connectivity index (χ2n) is 4.38. The molecule has 0 aliphatic carbocycles. The van der Waals surface area contributed by atoms with Gasteiger partial charge in [-0.25, -0.2) is 10.8 Å². The van der Waals surface area contributed by atoms with Gasteiger partial charge >= 0.3 is 0 Å². The quantitative estimate of drug-likeness (QED) is 0.560. The van der Waals surface area contributed by atoms with Crippen LogP contribution in [-0.2, 0) is 4.74 Å². The molecule has 2 rings (SSSR count). The number of aromatic nitrogens is 1. The van der Waals surface area contributed by atoms with Gasteiger partial charge in [0.1, 0.15) is 0 Å². The van der Waals surface area contributed by atoms with Crippen molar-refractivity contribution in [2.75, 3.05) is 18.6 Å². The Balaban J connectivity index is 1.83. The normalized spacial score (nSPS) is 18.3. The molecule has 7 heteroatoms. The van der Waals surface area contributed by atoms with Crippen LogP contribution in [0.5, 0.6) is 0 Å². The van der Waals surface area contributed by atoms with Crippen molar-refractivity contribution < 1.29 is 9.53 Å². The Labute approximate surface area is 116 Å². The van der Waals surface area contributed by atoms with Crippen molar-refractivity contribution in [3.63, 3.8) is 0 Å². The highest BCUT2D eigenvalue weighted by atomic mass is 35.5. The van der Waals surface area contributed by atoms with Crippen molar-refractivity contribution >= 4 is 23.3 Å². The summed E-state index contributed by atoms with van der Waals surface area (Å²) in [5, 5.41) is 3.14. The van der Waals surface area contributed by atoms with E-state index in [1.165, 1.54) is 12.3 Å². The third kappa shape index (κ3) is 3.79. The molecule has 0 saturated carbocycles. The number of rotatable bonds is 5. The smallest absolute Gasteiger partial charge is 0.252 e. The second kappa shape index (κ2) is 6.70. The molecule has 1 atom stereocenters. The van der Waals surface area contributed by atoms with Crippen LogP contribution in [-0.4, -0.2) is 30.1 Å². The van der Waals surface area contributed by atoms with Gasteiger partial charge in [-0.2, -0.15) is 0 Å². The van der Waals surface area contributed by atoms with Crippen molar-refractivity contribution in [3.05, 3.63) is 22.8 Å². The number of anilines is 1. The molecule has 1 aliphatic heterocycles. The number of pyridine rings is 1. The van der Waals surface area contributed by atoms with E-state index in [9.17, 15) is 4.79 Å². The third-order valence-electron chi connectivity index (χ3n) is 3.02. The Morgan fingerprint density at radius 2 is 2.47 bits per heavy atom. The van der Waals surface area contributed by atoms with E-state index >= 15 is 0 Å². The molecule has 19 heavy (non-hydrogen) atoms. The molecule has 0 aromatic carbocycles. The molecule has 0 spiro atoms. The standard InChI is InChI=1S/C12H17ClN4O2/c13-10-6-8(7-16-11(10)17-14)12(18)15-4-3-9-2-1-5-19-9/h6-7,9H,1-5,14H2,(H,15,18)(H,16,17). The first-order valence-electron chi connectivity index (χ1n) is 6.22. The molecule has 2 heterocycles. The minimum absolute atomic E-state index is 0.198. The molecule has 1 saturated heterocycles. The zero-order valence-corrected chi connectivity index (χ0v) is 11.2. The third-order valence-corrected chi connectivity index (χ3v) is 3.30. The Kier molecular flexibility index (Phi) is 4.95. The van der Waals surface area contributed by atoms with Gasteiger partial charge in [-0.15, -0.1) is 0 Å². The lowest BCUT2D eigenvalue weighted by molar-refractivity contribution is 0.0907. The van der Waals surface area contributed by atoms with Crippen molar-refractivity contribution in [1.82, 2.24) is 10.3 Å². The van der Waals surface area contributed by atoms with Crippen LogP contribution in [0.25, 0.3) is 0 Å². The Bertz CT molecular complexity index is 449. The van der Waals surface area contributed by atoms with Gasteiger partial charge in [-0.1, -0.05) is 11.6 Å². The molecule has 0 bridgehead atoms. The second-order valence-corrected chi connectivity index (χ2v) is 4.79. The number of nitrogens with zero attached hydrogens (tertiary/aromatic N) is 1. The average Bonchev–Trinajstić information content (AvgIpc) is 2.91. The first kappa shape index (κ1) is 14.0. The van der Waals surface area contributed by atoms with Gasteiger partial charge in [0.15, 0.2) is 5.82 Å². The number of nitrogens with two attached hydrogens (primary N) is 1. The fourth-order valence-electron chi connectivity index (χ4n) is 1.99. The summed E-state index contributed by atoms with van der Waals surface area (Å²) in [6.45, 7) is 1.41. The molecule has 1 aliphatic rings. The summed E-state index contributed by atoms with van der Waals surface area (Å²) in [4.78, 5) is 15.8. The zero-order chi connectivity index (χ0) is 13.7. The minimum Gasteiger partial charge on any atom is -0.378 e. The van der Waals surface area contributed by atoms with E-state index in [4.69, 9.17) is 22.2 Å². The number of hydrazine groups is 1. The molecule has 1 unspecified atom stereocenters. The maximum atomic E-state index is 11.9. The Hall–Kier alpha value is -1.37. The van der Waals surface area contributed by atoms with Gasteiger partial charge in [-0.3, -0.25) is 4.79 Å². The number of carbonyl (C=O) groups is 1. The number of halogens is 1. The molecule has 1 aromatic rings. The SMILES string of the molecule is NNc1ncc(C(=O)NCCC2CCCO2)cc1Cl. The van der Waals surface area contributed by atoms with Crippen LogP contribution in [0, 0.1) is 0 Å². The van der Waals surface area contributed by atoms with E-state index in [0.29, 0.717) is 22.9 Å². The van der Waals surface area contributed by atoms with Gasteiger partial charge in [0.25, 0.3) is 5.91 Å². The lowest BCUT2D eigenvalue weighted by Gasteiger charge is -2.10. The minimum atomic E-state index is -0.198. The van der Waals surface area contributed by atoms with Crippen molar-refractivity contribution in [2.45, 2.75) is 25.4 Å². The van der Waals surface area contributed by atoms with Crippen LogP contribution in [0.4, 0.5) is 5.82 Å². The van der Waals surface area contributed by atoms with Crippen LogP contribution in [0.3, 0.4) is 0 Å². The summed E-state index contributed by atoms with van der Waals surface area (Å²) in [7, 11) is 0. The van der Waals surface area contributed by atoms with E-state index in [1.54, 1.807) is 0 Å². The topological polar surface area (TPSA) is 89.3 Å². The van der Waals surface area contributed by atoms with Gasteiger partial charge in [-0.05, 0) is 25.3 Å². The summed E-state index contributed by atoms with van der Waals surface area (Å²) >= 11 is 5.91. The molecule has 1 aromatic heterocycles. The van der Waals surface area contributed by atoms with Crippen molar-refractivity contribution in [3.8, 4) is 0 Å². The lowest BCUT2D eigenvalue weighted by Crippen LogP contribution is -2.27. The number of nitrogens with one attached hydrogen (secondary N) is 2. The van der Waals surface area contributed by atoms with Crippen LogP contribution >= 0.6 is 11.6 Å². The van der Waals surface area contributed by atoms with E-state index < -0.39 is 0 Å². The molecule has 1 amide bonds. The molecule has 4 N–H and O–H groups in total. The average molecular weight is 285 g/mol. The fourth-order valence-corrected chi connectivity index (χ4v) is 2.21. The van der Waals surface area contributed by atoms with E-state index in [2.05, 4.69) is 15.7 Å². The van der Waals surface area contributed by atoms with Gasteiger partial charge in [0.05, 0.1) is 16.7 Å². The largest absolute Gasteiger partial charge is 0.378 e. The summed E-state index contributed by atoms with van der Waals surface area (Å²) in [6, 6.07) is 1.53. The van der Waals surface area contributed by atoms with Crippen molar-refractivity contribution in [1.29, 1.82) is 0 Å². The van der Waals surface area contributed by atoms with Crippen LogP contribution in [0.1, 0.15) is 29.6 Å². The first-order valence-corrected chi connectivity index (χ1v) is 6.60. The van der Waals surface area contributed by atoms with Gasteiger partial charge in [0.2, 0.25) is 0 Å². The number of hydrogen-bond donors (Lipinski definition) is 3. The van der Waals surface area contributed by atoms with Crippen LogP contribution in [0.15, 0.2) is 12.3 Å². The highest BCUT2D eigenvalue weighted by Gasteiger charge is 2.15. The first-order chi connectivity index (χ1) is 9.20. The molecular weight excluding hydrogens is 268 g/mol. The molecule has 1 fully saturated rings. The highest BCUT2D eigenvalue weighted by molar-refractivity contribution is 6.33. The van der Waals surface area contributed by atoms with E-state index in [1.807, 2.05) is 0 Å². The molecule has 6 nitrogen and oxygen atoms in total. The number of amides is 1. The number of nitrogen functional groups attached to an aromatic ring is 1. The van der Waals surface area contributed by atoms with E-state index in [-0.39, 0.29) is 12.0 Å². The summed E-state index contributed by atoms with van der Waals surface area (Å²) in [6.07, 6.45) is 4.70. The number of hydrogen-bond acceptors (Lipinski definition) is 5. The summed E-state index contributed by atoms with van der Waals surface area (Å²) in [5.41, 5.74) is 2.76. The predicted octanol–water partition coefficient (Wildman–Crippen LogP) is 1.32. The van der Waals surface area contributed by atoms with Gasteiger partial charge < -0.3 is 15.5 Å². The molecule has 0 radical (unpaired) electrons. The Morgan fingerprint density at radius 3 is 3.11 bits per heavy atom. The highest BCUT2D eigenvalue weighted by Crippen LogP contribution is 2.19. The van der Waals surface area contributed by atoms with Crippen LogP contribution < -0.4 is 16.6 Å². The van der Waals surface area contributed by atoms with Crippen molar-refractivity contribution in [2.24, 2.45) is 5.84 Å². The summed E-state index contributed by atoms with van der Waals surface area (Å²) < 4.78 is 5.48. The lowest BCUT2D eigenvalue weighted by atomic mass is 10.2.